The summed E-state index contributed by atoms with van der Waals surface area (Å²) in [5.74, 6) is -0.00833. The minimum absolute atomic E-state index is 0.00833. The number of likely N-dealkylation sites (N-methyl/N-ethyl adjacent to an activating group) is 1. The highest BCUT2D eigenvalue weighted by atomic mass is 16.1. The zero-order chi connectivity index (χ0) is 11.5. The zero-order valence-electron chi connectivity index (χ0n) is 9.79. The summed E-state index contributed by atoms with van der Waals surface area (Å²) in [6, 6.07) is 3.95. The van der Waals surface area contributed by atoms with Crippen molar-refractivity contribution in [3.05, 3.63) is 29.6 Å². The summed E-state index contributed by atoms with van der Waals surface area (Å²) in [6.45, 7) is 6.42. The minimum atomic E-state index is -0.00833. The van der Waals surface area contributed by atoms with E-state index in [-0.39, 0.29) is 11.3 Å². The molecule has 1 rings (SSSR count). The van der Waals surface area contributed by atoms with Crippen LogP contribution in [0.1, 0.15) is 32.0 Å². The van der Waals surface area contributed by atoms with Gasteiger partial charge in [-0.1, -0.05) is 26.8 Å². The lowest BCUT2D eigenvalue weighted by atomic mass is 9.88. The Morgan fingerprint density at radius 1 is 1.40 bits per heavy atom. The molecule has 0 fully saturated rings. The van der Waals surface area contributed by atoms with Crippen LogP contribution in [0.4, 0.5) is 0 Å². The van der Waals surface area contributed by atoms with Gasteiger partial charge in [-0.2, -0.15) is 0 Å². The van der Waals surface area contributed by atoms with E-state index in [0.29, 0.717) is 6.42 Å². The van der Waals surface area contributed by atoms with Gasteiger partial charge < -0.3 is 5.32 Å². The van der Waals surface area contributed by atoms with Gasteiger partial charge in [-0.3, -0.25) is 9.78 Å². The Labute approximate surface area is 90.9 Å². The smallest absolute Gasteiger partial charge is 0.225 e. The third-order valence-electron chi connectivity index (χ3n) is 2.31. The molecular weight excluding hydrogens is 188 g/mol. The third-order valence-corrected chi connectivity index (χ3v) is 2.31. The first-order valence-corrected chi connectivity index (χ1v) is 5.09. The number of aromatic nitrogens is 1. The van der Waals surface area contributed by atoms with Crippen LogP contribution in [0.2, 0.25) is 0 Å². The maximum Gasteiger partial charge on any atom is 0.225 e. The first-order valence-electron chi connectivity index (χ1n) is 5.09. The van der Waals surface area contributed by atoms with Crippen molar-refractivity contribution in [1.82, 2.24) is 10.3 Å². The fraction of sp³-hybridized carbons (Fsp3) is 0.500. The van der Waals surface area contributed by atoms with Gasteiger partial charge in [0.05, 0.1) is 6.42 Å². The van der Waals surface area contributed by atoms with E-state index in [1.807, 2.05) is 18.3 Å². The minimum Gasteiger partial charge on any atom is -0.359 e. The van der Waals surface area contributed by atoms with E-state index in [4.69, 9.17) is 0 Å². The van der Waals surface area contributed by atoms with Gasteiger partial charge in [0.15, 0.2) is 0 Å². The van der Waals surface area contributed by atoms with Gasteiger partial charge in [-0.25, -0.2) is 0 Å². The summed E-state index contributed by atoms with van der Waals surface area (Å²) in [4.78, 5) is 15.4. The topological polar surface area (TPSA) is 42.0 Å². The van der Waals surface area contributed by atoms with Crippen LogP contribution in [0.25, 0.3) is 0 Å². The summed E-state index contributed by atoms with van der Waals surface area (Å²) in [5.41, 5.74) is 2.10. The second kappa shape index (κ2) is 4.43. The molecule has 0 unspecified atom stereocenters. The number of carbonyl (C=O) groups excluding carboxylic acids is 1. The average Bonchev–Trinajstić information content (AvgIpc) is 2.17. The first-order chi connectivity index (χ1) is 6.93. The van der Waals surface area contributed by atoms with Crippen LogP contribution >= 0.6 is 0 Å². The van der Waals surface area contributed by atoms with Gasteiger partial charge >= 0.3 is 0 Å². The summed E-state index contributed by atoms with van der Waals surface area (Å²) in [7, 11) is 1.63. The number of hydrogen-bond donors (Lipinski definition) is 1. The van der Waals surface area contributed by atoms with Gasteiger partial charge in [0.1, 0.15) is 0 Å². The summed E-state index contributed by atoms with van der Waals surface area (Å²) in [5, 5.41) is 2.58. The Bertz CT molecular complexity index is 336. The first kappa shape index (κ1) is 11.7. The van der Waals surface area contributed by atoms with Gasteiger partial charge in [-0.15, -0.1) is 0 Å². The molecule has 0 saturated carbocycles. The molecule has 1 heterocycles. The number of nitrogens with zero attached hydrogens (tertiary/aromatic N) is 1. The van der Waals surface area contributed by atoms with Gasteiger partial charge in [0.25, 0.3) is 0 Å². The monoisotopic (exact) mass is 206 g/mol. The quantitative estimate of drug-likeness (QED) is 0.799. The Morgan fingerprint density at radius 3 is 2.47 bits per heavy atom. The van der Waals surface area contributed by atoms with Crippen molar-refractivity contribution in [2.24, 2.45) is 0 Å². The Kier molecular flexibility index (Phi) is 3.45. The number of nitrogens with one attached hydrogen (secondary N) is 1. The van der Waals surface area contributed by atoms with E-state index >= 15 is 0 Å². The van der Waals surface area contributed by atoms with Crippen LogP contribution < -0.4 is 5.32 Å². The van der Waals surface area contributed by atoms with Gasteiger partial charge in [0, 0.05) is 18.9 Å². The Morgan fingerprint density at radius 2 is 2.07 bits per heavy atom. The molecule has 82 valence electrons. The number of amides is 1. The van der Waals surface area contributed by atoms with E-state index in [1.165, 1.54) is 5.56 Å². The SMILES string of the molecule is CNC(=O)Cc1ccc(C(C)(C)C)cn1. The second-order valence-corrected chi connectivity index (χ2v) is 4.64. The Balaban J connectivity index is 2.77. The Hall–Kier alpha value is -1.38. The normalized spacial score (nSPS) is 11.2. The van der Waals surface area contributed by atoms with Crippen LogP contribution in [-0.4, -0.2) is 17.9 Å². The van der Waals surface area contributed by atoms with Crippen molar-refractivity contribution in [3.8, 4) is 0 Å². The van der Waals surface area contributed by atoms with E-state index in [1.54, 1.807) is 7.05 Å². The molecule has 15 heavy (non-hydrogen) atoms. The standard InChI is InChI=1S/C12H18N2O/c1-12(2,3)9-5-6-10(14-8-9)7-11(15)13-4/h5-6,8H,7H2,1-4H3,(H,13,15). The highest BCUT2D eigenvalue weighted by Crippen LogP contribution is 2.20. The molecule has 0 bridgehead atoms. The third kappa shape index (κ3) is 3.35. The maximum atomic E-state index is 11.1. The number of hydrogen-bond acceptors (Lipinski definition) is 2. The van der Waals surface area contributed by atoms with Crippen molar-refractivity contribution in [3.63, 3.8) is 0 Å². The number of carbonyl (C=O) groups is 1. The lowest BCUT2D eigenvalue weighted by molar-refractivity contribution is -0.120. The van der Waals surface area contributed by atoms with Crippen molar-refractivity contribution >= 4 is 5.91 Å². The highest BCUT2D eigenvalue weighted by molar-refractivity contribution is 5.77. The average molecular weight is 206 g/mol. The van der Waals surface area contributed by atoms with Gasteiger partial charge in [-0.05, 0) is 17.0 Å². The van der Waals surface area contributed by atoms with E-state index in [2.05, 4.69) is 31.1 Å². The number of rotatable bonds is 2. The fourth-order valence-corrected chi connectivity index (χ4v) is 1.23. The molecular formula is C12H18N2O. The van der Waals surface area contributed by atoms with Crippen molar-refractivity contribution in [2.45, 2.75) is 32.6 Å². The van der Waals surface area contributed by atoms with Crippen LogP contribution in [0.5, 0.6) is 0 Å². The lowest BCUT2D eigenvalue weighted by Gasteiger charge is -2.18. The van der Waals surface area contributed by atoms with Crippen LogP contribution in [0.3, 0.4) is 0 Å². The molecule has 0 aliphatic carbocycles. The maximum absolute atomic E-state index is 11.1. The van der Waals surface area contributed by atoms with E-state index in [9.17, 15) is 4.79 Å². The molecule has 1 aromatic rings. The molecule has 1 N–H and O–H groups in total. The molecule has 0 atom stereocenters. The molecule has 0 radical (unpaired) electrons. The van der Waals surface area contributed by atoms with Crippen molar-refractivity contribution in [1.29, 1.82) is 0 Å². The molecule has 0 saturated heterocycles. The molecule has 0 aliphatic heterocycles. The molecule has 3 nitrogen and oxygen atoms in total. The van der Waals surface area contributed by atoms with Crippen molar-refractivity contribution < 1.29 is 4.79 Å². The fourth-order valence-electron chi connectivity index (χ4n) is 1.23. The van der Waals surface area contributed by atoms with E-state index in [0.717, 1.165) is 5.69 Å². The van der Waals surface area contributed by atoms with Crippen molar-refractivity contribution in [2.75, 3.05) is 7.05 Å². The zero-order valence-corrected chi connectivity index (χ0v) is 9.79. The van der Waals surface area contributed by atoms with Gasteiger partial charge in [0.2, 0.25) is 5.91 Å². The molecule has 0 spiro atoms. The predicted molar refractivity (Wildman–Crippen MR) is 60.7 cm³/mol. The van der Waals surface area contributed by atoms with Crippen LogP contribution in [-0.2, 0) is 16.6 Å². The van der Waals surface area contributed by atoms with Crippen LogP contribution in [0, 0.1) is 0 Å². The summed E-state index contributed by atoms with van der Waals surface area (Å²) in [6.07, 6.45) is 2.19. The largest absolute Gasteiger partial charge is 0.359 e. The number of pyridine rings is 1. The lowest BCUT2D eigenvalue weighted by Crippen LogP contribution is -2.20. The predicted octanol–water partition coefficient (Wildman–Crippen LogP) is 1.67. The van der Waals surface area contributed by atoms with Crippen LogP contribution in [0.15, 0.2) is 18.3 Å². The summed E-state index contributed by atoms with van der Waals surface area (Å²) < 4.78 is 0. The summed E-state index contributed by atoms with van der Waals surface area (Å²) >= 11 is 0. The molecule has 1 aromatic heterocycles. The highest BCUT2D eigenvalue weighted by Gasteiger charge is 2.13. The second-order valence-electron chi connectivity index (χ2n) is 4.64. The molecule has 0 aliphatic rings. The van der Waals surface area contributed by atoms with E-state index < -0.39 is 0 Å². The molecule has 3 heteroatoms. The molecule has 1 amide bonds. The molecule has 0 aromatic carbocycles.